The average Bonchev–Trinajstić information content (AvgIpc) is 3.03. The van der Waals surface area contributed by atoms with Gasteiger partial charge in [-0.15, -0.1) is 0 Å². The monoisotopic (exact) mass is 408 g/mol. The maximum absolute atomic E-state index is 10.4. The number of phenols is 1. The van der Waals surface area contributed by atoms with Crippen LogP contribution >= 0.6 is 32.9 Å². The molecule has 0 spiro atoms. The summed E-state index contributed by atoms with van der Waals surface area (Å²) in [6.45, 7) is 10.7. The number of hydrogen-bond acceptors (Lipinski definition) is 6. The quantitative estimate of drug-likeness (QED) is 0.491. The molecule has 0 unspecified atom stereocenters. The number of nitrogens with zero attached hydrogens (tertiary/aromatic N) is 2. The molecule has 0 radical (unpaired) electrons. The van der Waals surface area contributed by atoms with Crippen LogP contribution in [0.2, 0.25) is 0 Å². The molecule has 2 heterocycles. The second-order valence-electron chi connectivity index (χ2n) is 6.92. The van der Waals surface area contributed by atoms with E-state index in [1.165, 1.54) is 28.8 Å². The van der Waals surface area contributed by atoms with Gasteiger partial charge in [0.15, 0.2) is 0 Å². The summed E-state index contributed by atoms with van der Waals surface area (Å²) in [6.07, 6.45) is 3.41. The molecule has 0 bridgehead atoms. The van der Waals surface area contributed by atoms with Gasteiger partial charge in [-0.25, -0.2) is 0 Å². The van der Waals surface area contributed by atoms with Gasteiger partial charge in [0, 0.05) is 38.3 Å². The molecular weight excluding hydrogens is 380 g/mol. The summed E-state index contributed by atoms with van der Waals surface area (Å²) in [7, 11) is 3.48. The zero-order chi connectivity index (χ0) is 18.5. The van der Waals surface area contributed by atoms with Crippen molar-refractivity contribution in [3.8, 4) is 16.2 Å². The number of piperazine rings is 1. The van der Waals surface area contributed by atoms with Crippen LogP contribution in [0.15, 0.2) is 18.2 Å². The predicted octanol–water partition coefficient (Wildman–Crippen LogP) is 5.39. The van der Waals surface area contributed by atoms with Crippen molar-refractivity contribution in [2.45, 2.75) is 39.7 Å². The lowest BCUT2D eigenvalue weighted by Gasteiger charge is -2.34. The number of phenolic OH excluding ortho intramolecular Hbond substituents is 1. The van der Waals surface area contributed by atoms with Crippen LogP contribution in [0.25, 0.3) is 10.4 Å². The van der Waals surface area contributed by atoms with Gasteiger partial charge in [-0.1, -0.05) is 53.2 Å². The first kappa shape index (κ1) is 20.0. The summed E-state index contributed by atoms with van der Waals surface area (Å²) in [5.41, 5.74) is 3.55. The Hall–Kier alpha value is -0.790. The highest BCUT2D eigenvalue weighted by atomic mass is 32.9. The zero-order valence-electron chi connectivity index (χ0n) is 15.7. The highest BCUT2D eigenvalue weighted by molar-refractivity contribution is 7.80. The minimum absolute atomic E-state index is 0.403. The third-order valence-electron chi connectivity index (χ3n) is 5.15. The van der Waals surface area contributed by atoms with Crippen molar-refractivity contribution in [1.82, 2.24) is 9.80 Å². The first-order chi connectivity index (χ1) is 12.6. The summed E-state index contributed by atoms with van der Waals surface area (Å²) in [6, 6.07) is 6.06. The van der Waals surface area contributed by atoms with Crippen molar-refractivity contribution >= 4 is 32.9 Å². The Labute approximate surface area is 169 Å². The van der Waals surface area contributed by atoms with E-state index in [1.807, 2.05) is 12.1 Å². The van der Waals surface area contributed by atoms with Gasteiger partial charge in [0.05, 0.1) is 4.88 Å². The molecule has 0 amide bonds. The largest absolute Gasteiger partial charge is 0.508 e. The number of hydrogen-bond donors (Lipinski definition) is 1. The van der Waals surface area contributed by atoms with Gasteiger partial charge < -0.3 is 10.0 Å². The van der Waals surface area contributed by atoms with Crippen molar-refractivity contribution in [2.24, 2.45) is 0 Å². The summed E-state index contributed by atoms with van der Waals surface area (Å²) < 4.78 is 1.03. The number of rotatable bonds is 7. The first-order valence-corrected chi connectivity index (χ1v) is 12.1. The number of unbranched alkanes of at least 4 members (excludes halogenated alkanes) is 1. The number of likely N-dealkylation sites (N-methyl/N-ethyl adjacent to an activating group) is 1. The fraction of sp³-hybridized carbons (Fsp3) is 0.550. The van der Waals surface area contributed by atoms with Gasteiger partial charge in [0.2, 0.25) is 0 Å². The Morgan fingerprint density at radius 1 is 1.08 bits per heavy atom. The second-order valence-corrected chi connectivity index (χ2v) is 9.74. The number of benzene rings is 1. The topological polar surface area (TPSA) is 26.7 Å². The highest BCUT2D eigenvalue weighted by Gasteiger charge is 2.18. The Bertz CT molecular complexity index is 776. The molecule has 1 N–H and O–H groups in total. The van der Waals surface area contributed by atoms with Crippen LogP contribution in [0.1, 0.15) is 37.8 Å². The molecule has 1 aliphatic heterocycles. The van der Waals surface area contributed by atoms with E-state index in [9.17, 15) is 5.11 Å². The molecule has 1 aromatic carbocycles. The normalized spacial score (nSPS) is 16.2. The zero-order valence-corrected chi connectivity index (χ0v) is 18.1. The third-order valence-corrected chi connectivity index (χ3v) is 8.34. The van der Waals surface area contributed by atoms with E-state index in [4.69, 9.17) is 12.2 Å². The maximum Gasteiger partial charge on any atom is 0.120 e. The van der Waals surface area contributed by atoms with E-state index >= 15 is 0 Å². The van der Waals surface area contributed by atoms with Gasteiger partial charge in [-0.2, -0.15) is 0 Å². The van der Waals surface area contributed by atoms with Crippen LogP contribution in [0.3, 0.4) is 0 Å². The molecule has 1 aromatic heterocycles. The SMILES string of the molecule is CCCCc1c(-c2ccc(O)c(CN3CCN(CC)CC3)c2)ssc1=S. The molecule has 26 heavy (non-hydrogen) atoms. The fourth-order valence-corrected chi connectivity index (χ4v) is 6.42. The first-order valence-electron chi connectivity index (χ1n) is 9.51. The molecule has 1 saturated heterocycles. The Balaban J connectivity index is 1.79. The predicted molar refractivity (Wildman–Crippen MR) is 116 cm³/mol. The van der Waals surface area contributed by atoms with E-state index in [0.29, 0.717) is 5.75 Å². The average molecular weight is 409 g/mol. The van der Waals surface area contributed by atoms with E-state index in [0.717, 1.165) is 55.1 Å². The minimum atomic E-state index is 0.403. The standard InChI is InChI=1S/C20H28N2OS3/c1-3-5-6-17-19(25-26-20(17)24)15-7-8-18(23)16(13-15)14-22-11-9-21(4-2)10-12-22/h7-8,13,23H,3-6,9-12,14H2,1-2H3. The second kappa shape index (κ2) is 9.42. The molecular formula is C20H28N2OS3. The summed E-state index contributed by atoms with van der Waals surface area (Å²) in [4.78, 5) is 6.22. The molecule has 142 valence electrons. The maximum atomic E-state index is 10.4. The lowest BCUT2D eigenvalue weighted by atomic mass is 10.0. The van der Waals surface area contributed by atoms with Gasteiger partial charge in [0.25, 0.3) is 0 Å². The lowest BCUT2D eigenvalue weighted by Crippen LogP contribution is -2.45. The highest BCUT2D eigenvalue weighted by Crippen LogP contribution is 2.37. The minimum Gasteiger partial charge on any atom is -0.508 e. The van der Waals surface area contributed by atoms with Crippen LogP contribution in [-0.2, 0) is 13.0 Å². The number of aromatic hydroxyl groups is 1. The summed E-state index contributed by atoms with van der Waals surface area (Å²) in [5, 5.41) is 10.4. The van der Waals surface area contributed by atoms with Gasteiger partial charge in [-0.05, 0) is 48.7 Å². The van der Waals surface area contributed by atoms with Crippen LogP contribution in [0, 0.1) is 3.82 Å². The van der Waals surface area contributed by atoms with Crippen molar-refractivity contribution in [3.05, 3.63) is 33.1 Å². The Morgan fingerprint density at radius 3 is 2.50 bits per heavy atom. The van der Waals surface area contributed by atoms with E-state index in [2.05, 4.69) is 29.7 Å². The molecule has 1 fully saturated rings. The van der Waals surface area contributed by atoms with Crippen molar-refractivity contribution in [2.75, 3.05) is 32.7 Å². The van der Waals surface area contributed by atoms with Gasteiger partial charge in [-0.3, -0.25) is 4.90 Å². The van der Waals surface area contributed by atoms with Crippen LogP contribution < -0.4 is 0 Å². The van der Waals surface area contributed by atoms with E-state index in [1.54, 1.807) is 20.7 Å². The van der Waals surface area contributed by atoms with Gasteiger partial charge >= 0.3 is 0 Å². The molecule has 6 heteroatoms. The Morgan fingerprint density at radius 2 is 1.81 bits per heavy atom. The third kappa shape index (κ3) is 4.73. The van der Waals surface area contributed by atoms with Crippen LogP contribution in [0.5, 0.6) is 5.75 Å². The van der Waals surface area contributed by atoms with Crippen molar-refractivity contribution < 1.29 is 5.11 Å². The van der Waals surface area contributed by atoms with E-state index < -0.39 is 0 Å². The summed E-state index contributed by atoms with van der Waals surface area (Å²) in [5.74, 6) is 0.403. The lowest BCUT2D eigenvalue weighted by molar-refractivity contribution is 0.131. The van der Waals surface area contributed by atoms with Crippen LogP contribution in [0.4, 0.5) is 0 Å². The van der Waals surface area contributed by atoms with Crippen molar-refractivity contribution in [3.63, 3.8) is 0 Å². The Kier molecular flexibility index (Phi) is 7.23. The van der Waals surface area contributed by atoms with E-state index in [-0.39, 0.29) is 0 Å². The molecule has 0 aliphatic carbocycles. The van der Waals surface area contributed by atoms with Crippen molar-refractivity contribution in [1.29, 1.82) is 0 Å². The fourth-order valence-electron chi connectivity index (χ4n) is 3.42. The molecule has 2 aromatic rings. The molecule has 3 rings (SSSR count). The van der Waals surface area contributed by atoms with Gasteiger partial charge in [0.1, 0.15) is 9.57 Å². The smallest absolute Gasteiger partial charge is 0.120 e. The molecule has 3 nitrogen and oxygen atoms in total. The molecule has 1 aliphatic rings. The molecule has 0 atom stereocenters. The molecule has 0 saturated carbocycles. The van der Waals surface area contributed by atoms with Crippen LogP contribution in [-0.4, -0.2) is 47.6 Å². The summed E-state index contributed by atoms with van der Waals surface area (Å²) >= 11 is 5.56.